The van der Waals surface area contributed by atoms with Crippen LogP contribution >= 0.6 is 0 Å². The Labute approximate surface area is 68.0 Å². The van der Waals surface area contributed by atoms with Crippen molar-refractivity contribution in [3.63, 3.8) is 0 Å². The third kappa shape index (κ3) is 27.9. The average molecular weight is 150 g/mol. The van der Waals surface area contributed by atoms with Gasteiger partial charge in [0, 0.05) is 0 Å². The van der Waals surface area contributed by atoms with Crippen LogP contribution in [0, 0.1) is 0 Å². The van der Waals surface area contributed by atoms with E-state index in [-0.39, 0.29) is 48.7 Å². The van der Waals surface area contributed by atoms with Crippen LogP contribution < -0.4 is 0 Å². The van der Waals surface area contributed by atoms with Gasteiger partial charge in [0.2, 0.25) is 0 Å². The maximum atomic E-state index is 6.62. The Morgan fingerprint density at radius 3 is 1.00 bits per heavy atom. The first kappa shape index (κ1) is 30.4. The van der Waals surface area contributed by atoms with Crippen molar-refractivity contribution in [2.24, 2.45) is 0 Å². The molecule has 0 amide bonds. The first-order valence-corrected chi connectivity index (χ1v) is 0.583. The first-order valence-electron chi connectivity index (χ1n) is 0.141. The van der Waals surface area contributed by atoms with Crippen LogP contribution in [0.1, 0.15) is 0 Å². The number of hydrogen-bond donors (Lipinski definition) is 1. The molecule has 0 saturated carbocycles. The Morgan fingerprint density at radius 1 is 1.00 bits per heavy atom. The Hall–Kier alpha value is 1.63. The molecule has 0 aliphatic rings. The van der Waals surface area contributed by atoms with E-state index in [0.29, 0.717) is 0 Å². The van der Waals surface area contributed by atoms with Crippen molar-refractivity contribution >= 4 is 37.7 Å². The number of hydrogen-bond acceptors (Lipinski definition) is 3. The summed E-state index contributed by atoms with van der Waals surface area (Å²) in [4.78, 5) is 0. The SMILES string of the molecule is [Ca+2].[OH-].[OH-].[OH][Ni]. The van der Waals surface area contributed by atoms with Gasteiger partial charge < -0.3 is 11.0 Å². The Bertz CT molecular complexity index is 6.85. The molecule has 0 aliphatic heterocycles. The molecule has 0 aromatic rings. The molecule has 0 spiro atoms. The summed E-state index contributed by atoms with van der Waals surface area (Å²) in [5.74, 6) is 0. The molecular weight excluding hydrogens is 147 g/mol. The second-order valence-corrected chi connectivity index (χ2v) is 0. The summed E-state index contributed by atoms with van der Waals surface area (Å²) in [6, 6.07) is 0. The van der Waals surface area contributed by atoms with Crippen molar-refractivity contribution in [2.45, 2.75) is 0 Å². The molecule has 0 heterocycles. The van der Waals surface area contributed by atoms with Crippen LogP contribution in [0.5, 0.6) is 0 Å². The second kappa shape index (κ2) is 45.3. The van der Waals surface area contributed by atoms with E-state index in [4.69, 9.17) is 4.25 Å². The predicted octanol–water partition coefficient (Wildman–Crippen LogP) is -1.29. The van der Waals surface area contributed by atoms with Crippen molar-refractivity contribution in [2.75, 3.05) is 0 Å². The first-order chi connectivity index (χ1) is 1.00. The van der Waals surface area contributed by atoms with Gasteiger partial charge in [-0.1, -0.05) is 0 Å². The normalized spacial score (nSPS) is 1.40. The molecule has 5 heavy (non-hydrogen) atoms. The van der Waals surface area contributed by atoms with Gasteiger partial charge in [-0.2, -0.15) is 0 Å². The van der Waals surface area contributed by atoms with Crippen LogP contribution in [0.2, 0.25) is 0 Å². The van der Waals surface area contributed by atoms with Crippen molar-refractivity contribution in [3.05, 3.63) is 0 Å². The average Bonchev–Trinajstić information content (AvgIpc) is 1.00. The summed E-state index contributed by atoms with van der Waals surface area (Å²) in [5.41, 5.74) is 0. The maximum absolute atomic E-state index is 6.62. The monoisotopic (exact) mass is 149 g/mol. The molecule has 0 aromatic carbocycles. The van der Waals surface area contributed by atoms with Gasteiger partial charge in [0.1, 0.15) is 0 Å². The second-order valence-electron chi connectivity index (χ2n) is 0. The molecule has 0 fully saturated rings. The Kier molecular flexibility index (Phi) is 275. The van der Waals surface area contributed by atoms with E-state index in [2.05, 4.69) is 15.8 Å². The summed E-state index contributed by atoms with van der Waals surface area (Å²) in [6.45, 7) is 0. The van der Waals surface area contributed by atoms with Crippen molar-refractivity contribution in [1.82, 2.24) is 0 Å². The third-order valence-corrected chi connectivity index (χ3v) is 0. The van der Waals surface area contributed by atoms with Crippen LogP contribution in [0.4, 0.5) is 0 Å². The molecule has 0 bridgehead atoms. The molecule has 0 unspecified atom stereocenters. The minimum atomic E-state index is 0. The van der Waals surface area contributed by atoms with Crippen LogP contribution in [0.3, 0.4) is 0 Å². The van der Waals surface area contributed by atoms with Gasteiger partial charge in [-0.15, -0.1) is 0 Å². The fourth-order valence-electron chi connectivity index (χ4n) is 0. The predicted molar refractivity (Wildman–Crippen MR) is 11.8 cm³/mol. The molecule has 33 valence electrons. The molecule has 0 aromatic heterocycles. The summed E-state index contributed by atoms with van der Waals surface area (Å²) in [5, 5.41) is 0. The molecule has 5 heteroatoms. The van der Waals surface area contributed by atoms with Crippen LogP contribution in [-0.2, 0) is 15.8 Å². The van der Waals surface area contributed by atoms with E-state index in [1.165, 1.54) is 0 Å². The van der Waals surface area contributed by atoms with E-state index < -0.39 is 0 Å². The van der Waals surface area contributed by atoms with Crippen LogP contribution in [-0.4, -0.2) is 52.9 Å². The zero-order valence-electron chi connectivity index (χ0n) is 2.36. The van der Waals surface area contributed by atoms with Gasteiger partial charge in [0.15, 0.2) is 0 Å². The van der Waals surface area contributed by atoms with Gasteiger partial charge in [-0.05, 0) is 0 Å². The quantitative estimate of drug-likeness (QED) is 0.436. The molecule has 0 radical (unpaired) electrons. The molecule has 3 nitrogen and oxygen atoms in total. The molecule has 0 rings (SSSR count). The standard InChI is InChI=1S/Ca.Ni.3H2O/h;;3*1H2/q+2;+1;;;/p-3. The van der Waals surface area contributed by atoms with Gasteiger partial charge in [-0.3, -0.25) is 0 Å². The van der Waals surface area contributed by atoms with Crippen molar-refractivity contribution < 1.29 is 31.0 Å². The topological polar surface area (TPSA) is 80.2 Å². The van der Waals surface area contributed by atoms with Crippen molar-refractivity contribution in [3.8, 4) is 0 Å². The van der Waals surface area contributed by atoms with Crippen LogP contribution in [0.25, 0.3) is 0 Å². The van der Waals surface area contributed by atoms with Gasteiger partial charge in [0.05, 0.1) is 0 Å². The zero-order valence-corrected chi connectivity index (χ0v) is 5.56. The van der Waals surface area contributed by atoms with E-state index in [0.717, 1.165) is 0 Å². The minimum absolute atomic E-state index is 0. The van der Waals surface area contributed by atoms with Gasteiger partial charge in [-0.25, -0.2) is 0 Å². The van der Waals surface area contributed by atoms with E-state index in [1.807, 2.05) is 0 Å². The molecule has 0 aliphatic carbocycles. The fourth-order valence-corrected chi connectivity index (χ4v) is 0. The summed E-state index contributed by atoms with van der Waals surface area (Å²) < 4.78 is 6.62. The molecule has 0 saturated heterocycles. The summed E-state index contributed by atoms with van der Waals surface area (Å²) >= 11 is 2.88. The number of rotatable bonds is 0. The van der Waals surface area contributed by atoms with Crippen molar-refractivity contribution in [1.29, 1.82) is 0 Å². The molecule has 3 N–H and O–H groups in total. The molecular formula is H3CaNiO3. The van der Waals surface area contributed by atoms with Gasteiger partial charge in [0.25, 0.3) is 0 Å². The summed E-state index contributed by atoms with van der Waals surface area (Å²) in [6.07, 6.45) is 0. The Morgan fingerprint density at radius 2 is 1.00 bits per heavy atom. The third-order valence-electron chi connectivity index (χ3n) is 0. The zero-order chi connectivity index (χ0) is 2.00. The molecule has 0 atom stereocenters. The Balaban J connectivity index is -0.00000000167. The summed E-state index contributed by atoms with van der Waals surface area (Å²) in [7, 11) is 0. The van der Waals surface area contributed by atoms with E-state index in [1.54, 1.807) is 0 Å². The fraction of sp³-hybridized carbons (Fsp3) is 0. The van der Waals surface area contributed by atoms with Gasteiger partial charge >= 0.3 is 57.8 Å². The van der Waals surface area contributed by atoms with E-state index >= 15 is 0 Å². The van der Waals surface area contributed by atoms with Crippen LogP contribution in [0.15, 0.2) is 0 Å². The van der Waals surface area contributed by atoms with E-state index in [9.17, 15) is 0 Å².